The molecule has 1 aromatic heterocycles. The first kappa shape index (κ1) is 20.0. The minimum Gasteiger partial charge on any atom is -0.481 e. The van der Waals surface area contributed by atoms with E-state index in [0.717, 1.165) is 21.3 Å². The molecule has 1 atom stereocenters. The summed E-state index contributed by atoms with van der Waals surface area (Å²) in [5.41, 5.74) is 1.45. The second kappa shape index (κ2) is 8.10. The third-order valence-electron chi connectivity index (χ3n) is 4.45. The molecule has 0 spiro atoms. The number of aliphatic carboxylic acids is 1. The first-order valence-electron chi connectivity index (χ1n) is 9.18. The van der Waals surface area contributed by atoms with Crippen LogP contribution >= 0.6 is 11.3 Å². The summed E-state index contributed by atoms with van der Waals surface area (Å²) >= 11 is 1.54. The van der Waals surface area contributed by atoms with Gasteiger partial charge in [0.05, 0.1) is 29.6 Å². The van der Waals surface area contributed by atoms with Gasteiger partial charge in [-0.1, -0.05) is 63.2 Å². The highest BCUT2D eigenvalue weighted by atomic mass is 32.1. The molecular weight excluding hydrogens is 372 g/mol. The van der Waals surface area contributed by atoms with Gasteiger partial charge in [-0.15, -0.1) is 11.3 Å². The standard InChI is InChI=1S/C22H24N2O3S/c1-22(2,3)21-23-15(13-28-21)11-19(25)24-18(12-20(26)27)17-10-6-8-14-7-4-5-9-16(14)17/h4-10,13,18H,11-12H2,1-3H3,(H,24,25)(H,26,27)/t18-/m1/s1. The van der Waals surface area contributed by atoms with Crippen LogP contribution in [-0.2, 0) is 21.4 Å². The van der Waals surface area contributed by atoms with Crippen LogP contribution in [0.2, 0.25) is 0 Å². The van der Waals surface area contributed by atoms with Crippen molar-refractivity contribution in [2.75, 3.05) is 0 Å². The van der Waals surface area contributed by atoms with Crippen molar-refractivity contribution in [2.45, 2.75) is 45.1 Å². The molecule has 3 rings (SSSR count). The predicted octanol–water partition coefficient (Wildman–Crippen LogP) is 4.47. The van der Waals surface area contributed by atoms with Gasteiger partial charge in [-0.05, 0) is 16.3 Å². The molecule has 0 aliphatic carbocycles. The maximum atomic E-state index is 12.6. The van der Waals surface area contributed by atoms with Crippen molar-refractivity contribution < 1.29 is 14.7 Å². The van der Waals surface area contributed by atoms with E-state index in [9.17, 15) is 14.7 Å². The number of hydrogen-bond acceptors (Lipinski definition) is 4. The first-order valence-corrected chi connectivity index (χ1v) is 10.1. The highest BCUT2D eigenvalue weighted by Gasteiger charge is 2.22. The highest BCUT2D eigenvalue weighted by molar-refractivity contribution is 7.09. The van der Waals surface area contributed by atoms with E-state index >= 15 is 0 Å². The molecule has 2 aromatic carbocycles. The second-order valence-electron chi connectivity index (χ2n) is 7.86. The lowest BCUT2D eigenvalue weighted by Crippen LogP contribution is -2.31. The number of amides is 1. The van der Waals surface area contributed by atoms with Crippen molar-refractivity contribution in [2.24, 2.45) is 0 Å². The van der Waals surface area contributed by atoms with Gasteiger partial charge >= 0.3 is 5.97 Å². The van der Waals surface area contributed by atoms with Crippen molar-refractivity contribution in [3.05, 3.63) is 64.1 Å². The smallest absolute Gasteiger partial charge is 0.305 e. The van der Waals surface area contributed by atoms with Crippen molar-refractivity contribution in [3.63, 3.8) is 0 Å². The summed E-state index contributed by atoms with van der Waals surface area (Å²) in [5, 5.41) is 17.1. The SMILES string of the molecule is CC(C)(C)c1nc(CC(=O)N[C@H](CC(=O)O)c2cccc3ccccc23)cs1. The number of nitrogens with one attached hydrogen (secondary N) is 1. The van der Waals surface area contributed by atoms with Crippen molar-refractivity contribution >= 4 is 34.0 Å². The zero-order valence-corrected chi connectivity index (χ0v) is 17.0. The number of aromatic nitrogens is 1. The lowest BCUT2D eigenvalue weighted by atomic mass is 9.96. The van der Waals surface area contributed by atoms with E-state index in [1.807, 2.05) is 47.8 Å². The summed E-state index contributed by atoms with van der Waals surface area (Å²) in [6, 6.07) is 12.9. The third kappa shape index (κ3) is 4.75. The number of carboxylic acids is 1. The number of thiazole rings is 1. The lowest BCUT2D eigenvalue weighted by Gasteiger charge is -2.19. The van der Waals surface area contributed by atoms with E-state index in [2.05, 4.69) is 31.1 Å². The van der Waals surface area contributed by atoms with Gasteiger partial charge in [0.2, 0.25) is 5.91 Å². The van der Waals surface area contributed by atoms with Crippen LogP contribution in [-0.4, -0.2) is 22.0 Å². The Morgan fingerprint density at radius 2 is 1.86 bits per heavy atom. The van der Waals surface area contributed by atoms with Gasteiger partial charge in [-0.2, -0.15) is 0 Å². The Balaban J connectivity index is 1.82. The van der Waals surface area contributed by atoms with Crippen LogP contribution in [0.15, 0.2) is 47.8 Å². The summed E-state index contributed by atoms with van der Waals surface area (Å²) in [7, 11) is 0. The zero-order valence-electron chi connectivity index (χ0n) is 16.2. The van der Waals surface area contributed by atoms with Crippen molar-refractivity contribution in [3.8, 4) is 0 Å². The summed E-state index contributed by atoms with van der Waals surface area (Å²) in [6.07, 6.45) is -0.0441. The van der Waals surface area contributed by atoms with Gasteiger partial charge in [0, 0.05) is 10.8 Å². The second-order valence-corrected chi connectivity index (χ2v) is 8.72. The number of benzene rings is 2. The Hall–Kier alpha value is -2.73. The van der Waals surface area contributed by atoms with Crippen LogP contribution in [0, 0.1) is 0 Å². The highest BCUT2D eigenvalue weighted by Crippen LogP contribution is 2.28. The van der Waals surface area contributed by atoms with Gasteiger partial charge in [0.1, 0.15) is 0 Å². The molecule has 146 valence electrons. The van der Waals surface area contributed by atoms with Gasteiger partial charge in [-0.25, -0.2) is 4.98 Å². The molecule has 1 heterocycles. The normalized spacial score (nSPS) is 12.7. The molecule has 3 aromatic rings. The molecule has 1 amide bonds. The quantitative estimate of drug-likeness (QED) is 0.644. The first-order chi connectivity index (χ1) is 13.2. The number of carboxylic acid groups (broad SMARTS) is 1. The maximum Gasteiger partial charge on any atom is 0.305 e. The maximum absolute atomic E-state index is 12.6. The molecule has 0 aliphatic rings. The molecule has 5 nitrogen and oxygen atoms in total. The van der Waals surface area contributed by atoms with E-state index in [-0.39, 0.29) is 24.2 Å². The summed E-state index contributed by atoms with van der Waals surface area (Å²) in [4.78, 5) is 28.6. The van der Waals surface area contributed by atoms with Crippen LogP contribution in [0.5, 0.6) is 0 Å². The zero-order chi connectivity index (χ0) is 20.3. The Morgan fingerprint density at radius 1 is 1.14 bits per heavy atom. The lowest BCUT2D eigenvalue weighted by molar-refractivity contribution is -0.137. The van der Waals surface area contributed by atoms with E-state index < -0.39 is 12.0 Å². The van der Waals surface area contributed by atoms with E-state index in [1.165, 1.54) is 0 Å². The summed E-state index contributed by atoms with van der Waals surface area (Å²) in [6.45, 7) is 6.25. The third-order valence-corrected chi connectivity index (χ3v) is 5.76. The van der Waals surface area contributed by atoms with Crippen LogP contribution in [0.1, 0.15) is 49.5 Å². The number of carbonyl (C=O) groups is 2. The summed E-state index contributed by atoms with van der Waals surface area (Å²) < 4.78 is 0. The van der Waals surface area contributed by atoms with Gasteiger partial charge in [0.25, 0.3) is 0 Å². The number of carbonyl (C=O) groups excluding carboxylic acids is 1. The number of nitrogens with zero attached hydrogens (tertiary/aromatic N) is 1. The van der Waals surface area contributed by atoms with E-state index in [0.29, 0.717) is 5.69 Å². The van der Waals surface area contributed by atoms with Crippen molar-refractivity contribution in [1.82, 2.24) is 10.3 Å². The number of rotatable bonds is 6. The Morgan fingerprint density at radius 3 is 2.54 bits per heavy atom. The monoisotopic (exact) mass is 396 g/mol. The van der Waals surface area contributed by atoms with Crippen molar-refractivity contribution in [1.29, 1.82) is 0 Å². The van der Waals surface area contributed by atoms with E-state index in [4.69, 9.17) is 0 Å². The number of hydrogen-bond donors (Lipinski definition) is 2. The van der Waals surface area contributed by atoms with Crippen LogP contribution in [0.4, 0.5) is 0 Å². The topological polar surface area (TPSA) is 79.3 Å². The molecule has 0 fully saturated rings. The molecule has 28 heavy (non-hydrogen) atoms. The molecular formula is C22H24N2O3S. The van der Waals surface area contributed by atoms with Crippen LogP contribution in [0.3, 0.4) is 0 Å². The largest absolute Gasteiger partial charge is 0.481 e. The molecule has 2 N–H and O–H groups in total. The average molecular weight is 397 g/mol. The predicted molar refractivity (Wildman–Crippen MR) is 112 cm³/mol. The fourth-order valence-corrected chi connectivity index (χ4v) is 4.02. The minimum absolute atomic E-state index is 0.0613. The molecule has 0 saturated heterocycles. The van der Waals surface area contributed by atoms with Crippen LogP contribution < -0.4 is 5.32 Å². The molecule has 0 radical (unpaired) electrons. The Bertz CT molecular complexity index is 999. The van der Waals surface area contributed by atoms with Gasteiger partial charge in [0.15, 0.2) is 0 Å². The molecule has 0 bridgehead atoms. The number of fused-ring (bicyclic) bond motifs is 1. The molecule has 0 unspecified atom stereocenters. The Labute approximate surface area is 168 Å². The summed E-state index contributed by atoms with van der Waals surface area (Å²) in [5.74, 6) is -1.19. The molecule has 0 saturated carbocycles. The fraction of sp³-hybridized carbons (Fsp3) is 0.318. The van der Waals surface area contributed by atoms with Crippen LogP contribution in [0.25, 0.3) is 10.8 Å². The Kier molecular flexibility index (Phi) is 5.79. The molecule has 0 aliphatic heterocycles. The van der Waals surface area contributed by atoms with Gasteiger partial charge in [-0.3, -0.25) is 9.59 Å². The van der Waals surface area contributed by atoms with Gasteiger partial charge < -0.3 is 10.4 Å². The minimum atomic E-state index is -0.957. The van der Waals surface area contributed by atoms with E-state index in [1.54, 1.807) is 11.3 Å². The molecule has 6 heteroatoms. The fourth-order valence-electron chi connectivity index (χ4n) is 3.11. The average Bonchev–Trinajstić information content (AvgIpc) is 3.09.